The predicted molar refractivity (Wildman–Crippen MR) is 95.1 cm³/mol. The maximum Gasteiger partial charge on any atom is 0.264 e. The number of hydrogen-bond acceptors (Lipinski definition) is 3. The zero-order valence-electron chi connectivity index (χ0n) is 14.7. The number of aryl methyl sites for hydroxylation is 2. The number of benzene rings is 1. The van der Waals surface area contributed by atoms with Crippen LogP contribution in [0.3, 0.4) is 0 Å². The van der Waals surface area contributed by atoms with E-state index in [1.165, 1.54) is 10.7 Å². The molecule has 1 aromatic carbocycles. The van der Waals surface area contributed by atoms with E-state index in [0.29, 0.717) is 29.0 Å². The van der Waals surface area contributed by atoms with Gasteiger partial charge >= 0.3 is 0 Å². The molecule has 5 nitrogen and oxygen atoms in total. The molecule has 2 aromatic heterocycles. The van der Waals surface area contributed by atoms with Crippen LogP contribution >= 0.6 is 0 Å². The molecule has 0 fully saturated rings. The topological polar surface area (TPSA) is 59.8 Å². The van der Waals surface area contributed by atoms with Gasteiger partial charge in [0.2, 0.25) is 5.91 Å². The number of amides is 1. The van der Waals surface area contributed by atoms with Crippen molar-refractivity contribution in [2.24, 2.45) is 0 Å². The maximum absolute atomic E-state index is 13.3. The normalized spacial score (nSPS) is 11.3. The fraction of sp³-hybridized carbons (Fsp3) is 0.316. The molecule has 0 saturated heterocycles. The van der Waals surface area contributed by atoms with Gasteiger partial charge in [0.1, 0.15) is 6.54 Å². The zero-order chi connectivity index (χ0) is 18.7. The molecule has 3 aromatic rings. The molecule has 0 saturated carbocycles. The van der Waals surface area contributed by atoms with Crippen molar-refractivity contribution < 1.29 is 13.6 Å². The molecular formula is C19H20F2N4O. The van der Waals surface area contributed by atoms with Crippen LogP contribution in [0.5, 0.6) is 0 Å². The molecule has 0 unspecified atom stereocenters. The number of fused-ring (bicyclic) bond motifs is 1. The lowest BCUT2D eigenvalue weighted by Crippen LogP contribution is -2.29. The highest BCUT2D eigenvalue weighted by Gasteiger charge is 2.20. The van der Waals surface area contributed by atoms with Crippen molar-refractivity contribution in [1.82, 2.24) is 20.1 Å². The average molecular weight is 358 g/mol. The highest BCUT2D eigenvalue weighted by molar-refractivity contribution is 5.84. The van der Waals surface area contributed by atoms with Gasteiger partial charge in [0, 0.05) is 17.8 Å². The van der Waals surface area contributed by atoms with Crippen LogP contribution in [0.4, 0.5) is 8.78 Å². The molecule has 3 rings (SSSR count). The van der Waals surface area contributed by atoms with Crippen LogP contribution in [0.2, 0.25) is 0 Å². The van der Waals surface area contributed by atoms with Gasteiger partial charge in [-0.25, -0.2) is 18.4 Å². The van der Waals surface area contributed by atoms with Crippen LogP contribution in [0, 0.1) is 13.8 Å². The Bertz CT molecular complexity index is 922. The van der Waals surface area contributed by atoms with Crippen molar-refractivity contribution in [2.45, 2.75) is 33.2 Å². The second kappa shape index (κ2) is 7.59. The van der Waals surface area contributed by atoms with E-state index < -0.39 is 6.43 Å². The Morgan fingerprint density at radius 3 is 2.65 bits per heavy atom. The number of aromatic nitrogens is 3. The molecule has 0 radical (unpaired) electrons. The number of alkyl halides is 2. The molecule has 2 heterocycles. The largest absolute Gasteiger partial charge is 0.354 e. The molecule has 0 spiro atoms. The lowest BCUT2D eigenvalue weighted by Gasteiger charge is -2.07. The average Bonchev–Trinajstić information content (AvgIpc) is 2.90. The van der Waals surface area contributed by atoms with E-state index in [2.05, 4.69) is 15.4 Å². The Morgan fingerprint density at radius 1 is 1.23 bits per heavy atom. The summed E-state index contributed by atoms with van der Waals surface area (Å²) >= 11 is 0. The molecule has 0 aliphatic heterocycles. The molecule has 0 bridgehead atoms. The molecule has 0 atom stereocenters. The van der Waals surface area contributed by atoms with Gasteiger partial charge in [-0.1, -0.05) is 30.3 Å². The number of nitrogens with zero attached hydrogens (tertiary/aromatic N) is 3. The van der Waals surface area contributed by atoms with Crippen molar-refractivity contribution >= 4 is 16.9 Å². The molecule has 26 heavy (non-hydrogen) atoms. The van der Waals surface area contributed by atoms with Crippen molar-refractivity contribution in [1.29, 1.82) is 0 Å². The van der Waals surface area contributed by atoms with Gasteiger partial charge in [0.05, 0.1) is 11.1 Å². The highest BCUT2D eigenvalue weighted by Crippen LogP contribution is 2.29. The van der Waals surface area contributed by atoms with Crippen molar-refractivity contribution in [3.63, 3.8) is 0 Å². The fourth-order valence-corrected chi connectivity index (χ4v) is 2.98. The second-order valence-electron chi connectivity index (χ2n) is 6.18. The number of rotatable bonds is 6. The fourth-order valence-electron chi connectivity index (χ4n) is 2.98. The van der Waals surface area contributed by atoms with Crippen molar-refractivity contribution in [3.05, 3.63) is 58.9 Å². The number of carbonyl (C=O) groups is 1. The maximum atomic E-state index is 13.3. The third-order valence-electron chi connectivity index (χ3n) is 4.14. The number of nitrogens with one attached hydrogen (secondary N) is 1. The van der Waals surface area contributed by atoms with E-state index in [1.807, 2.05) is 30.3 Å². The van der Waals surface area contributed by atoms with E-state index in [9.17, 15) is 13.6 Å². The lowest BCUT2D eigenvalue weighted by molar-refractivity contribution is -0.121. The summed E-state index contributed by atoms with van der Waals surface area (Å²) in [4.78, 5) is 16.5. The third kappa shape index (κ3) is 3.87. The molecule has 7 heteroatoms. The Kier molecular flexibility index (Phi) is 5.25. The predicted octanol–water partition coefficient (Wildman–Crippen LogP) is 3.34. The molecule has 1 N–H and O–H groups in total. The van der Waals surface area contributed by atoms with E-state index in [4.69, 9.17) is 0 Å². The number of hydrogen-bond donors (Lipinski definition) is 1. The van der Waals surface area contributed by atoms with E-state index >= 15 is 0 Å². The Labute approximate surface area is 150 Å². The van der Waals surface area contributed by atoms with E-state index in [0.717, 1.165) is 12.0 Å². The minimum absolute atomic E-state index is 0.0573. The number of carbonyl (C=O) groups excluding carboxylic acids is 1. The third-order valence-corrected chi connectivity index (χ3v) is 4.14. The highest BCUT2D eigenvalue weighted by atomic mass is 19.3. The summed E-state index contributed by atoms with van der Waals surface area (Å²) in [6.07, 6.45) is -1.89. The van der Waals surface area contributed by atoms with Gasteiger partial charge in [0.25, 0.3) is 6.43 Å². The minimum atomic E-state index is -2.62. The van der Waals surface area contributed by atoms with Gasteiger partial charge in [-0.05, 0) is 31.9 Å². The van der Waals surface area contributed by atoms with Crippen molar-refractivity contribution in [3.8, 4) is 0 Å². The summed E-state index contributed by atoms with van der Waals surface area (Å²) in [6.45, 7) is 3.74. The smallest absolute Gasteiger partial charge is 0.264 e. The van der Waals surface area contributed by atoms with Crippen LogP contribution in [0.25, 0.3) is 11.0 Å². The molecule has 0 aliphatic rings. The lowest BCUT2D eigenvalue weighted by atomic mass is 10.1. The molecule has 1 amide bonds. The summed E-state index contributed by atoms with van der Waals surface area (Å²) in [5.74, 6) is -0.229. The van der Waals surface area contributed by atoms with Crippen LogP contribution < -0.4 is 5.32 Å². The van der Waals surface area contributed by atoms with Gasteiger partial charge in [-0.15, -0.1) is 0 Å². The quantitative estimate of drug-likeness (QED) is 0.735. The number of pyridine rings is 1. The number of halogens is 2. The molecular weight excluding hydrogens is 338 g/mol. The van der Waals surface area contributed by atoms with Crippen LogP contribution in [0.15, 0.2) is 36.4 Å². The van der Waals surface area contributed by atoms with Crippen LogP contribution in [-0.2, 0) is 17.8 Å². The van der Waals surface area contributed by atoms with Crippen molar-refractivity contribution in [2.75, 3.05) is 6.54 Å². The Hall–Kier alpha value is -2.83. The summed E-state index contributed by atoms with van der Waals surface area (Å²) in [5.41, 5.74) is 2.27. The van der Waals surface area contributed by atoms with Crippen LogP contribution in [0.1, 0.15) is 28.9 Å². The van der Waals surface area contributed by atoms with Gasteiger partial charge in [-0.3, -0.25) is 4.79 Å². The summed E-state index contributed by atoms with van der Waals surface area (Å²) in [7, 11) is 0. The molecule has 0 aliphatic carbocycles. The van der Waals surface area contributed by atoms with Crippen LogP contribution in [-0.4, -0.2) is 27.2 Å². The van der Waals surface area contributed by atoms with E-state index in [1.54, 1.807) is 13.8 Å². The summed E-state index contributed by atoms with van der Waals surface area (Å²) in [6, 6.07) is 11.2. The van der Waals surface area contributed by atoms with Gasteiger partial charge in [-0.2, -0.15) is 5.10 Å². The van der Waals surface area contributed by atoms with Gasteiger partial charge < -0.3 is 5.32 Å². The Balaban J connectivity index is 1.73. The van der Waals surface area contributed by atoms with E-state index in [-0.39, 0.29) is 18.0 Å². The second-order valence-corrected chi connectivity index (χ2v) is 6.18. The summed E-state index contributed by atoms with van der Waals surface area (Å²) < 4.78 is 28.0. The summed E-state index contributed by atoms with van der Waals surface area (Å²) in [5, 5.41) is 7.39. The zero-order valence-corrected chi connectivity index (χ0v) is 14.7. The first-order valence-electron chi connectivity index (χ1n) is 8.39. The Morgan fingerprint density at radius 2 is 1.96 bits per heavy atom. The first-order valence-corrected chi connectivity index (χ1v) is 8.39. The molecule has 136 valence electrons. The standard InChI is InChI=1S/C19H20F2N4O/c1-12-10-15(18(20)21)17-13(2)24-25(19(17)23-12)11-16(26)22-9-8-14-6-4-3-5-7-14/h3-7,10,18H,8-9,11H2,1-2H3,(H,22,26). The van der Waals surface area contributed by atoms with Gasteiger partial charge in [0.15, 0.2) is 5.65 Å². The first kappa shape index (κ1) is 18.0. The SMILES string of the molecule is Cc1cc(C(F)F)c2c(C)nn(CC(=O)NCCc3ccccc3)c2n1. The minimum Gasteiger partial charge on any atom is -0.354 e. The first-order chi connectivity index (χ1) is 12.5. The monoisotopic (exact) mass is 358 g/mol.